The van der Waals surface area contributed by atoms with Crippen LogP contribution in [0.15, 0.2) is 41.5 Å². The van der Waals surface area contributed by atoms with E-state index in [1.165, 1.54) is 11.3 Å². The highest BCUT2D eigenvalue weighted by atomic mass is 32.1. The van der Waals surface area contributed by atoms with Crippen LogP contribution in [-0.2, 0) is 9.53 Å². The molecule has 1 aromatic heterocycles. The van der Waals surface area contributed by atoms with Crippen LogP contribution >= 0.6 is 11.3 Å². The molecule has 5 nitrogen and oxygen atoms in total. The lowest BCUT2D eigenvalue weighted by Gasteiger charge is -2.09. The van der Waals surface area contributed by atoms with E-state index < -0.39 is 5.97 Å². The predicted molar refractivity (Wildman–Crippen MR) is 102 cm³/mol. The first-order valence-corrected chi connectivity index (χ1v) is 9.15. The Morgan fingerprint density at radius 2 is 2.04 bits per heavy atom. The van der Waals surface area contributed by atoms with E-state index in [-0.39, 0.29) is 10.7 Å². The van der Waals surface area contributed by atoms with E-state index in [4.69, 9.17) is 10.1 Å². The molecule has 6 heteroatoms. The van der Waals surface area contributed by atoms with E-state index in [9.17, 15) is 4.79 Å². The van der Waals surface area contributed by atoms with Gasteiger partial charge in [0.1, 0.15) is 5.71 Å². The second kappa shape index (κ2) is 7.19. The molecule has 0 bridgehead atoms. The zero-order valence-corrected chi connectivity index (χ0v) is 15.4. The van der Waals surface area contributed by atoms with Crippen molar-refractivity contribution >= 4 is 44.0 Å². The van der Waals surface area contributed by atoms with Crippen LogP contribution < -0.4 is 4.80 Å². The van der Waals surface area contributed by atoms with Crippen LogP contribution in [0.1, 0.15) is 27.2 Å². The van der Waals surface area contributed by atoms with Gasteiger partial charge in [0.2, 0.25) is 4.80 Å². The monoisotopic (exact) mass is 355 g/mol. The molecule has 0 saturated heterocycles. The van der Waals surface area contributed by atoms with Crippen LogP contribution in [0.25, 0.3) is 21.0 Å². The highest BCUT2D eigenvalue weighted by Gasteiger charge is 2.17. The van der Waals surface area contributed by atoms with Crippen molar-refractivity contribution in [1.29, 1.82) is 5.41 Å². The molecular formula is C19H21N3O2S. The molecule has 25 heavy (non-hydrogen) atoms. The van der Waals surface area contributed by atoms with Gasteiger partial charge >= 0.3 is 5.97 Å². The van der Waals surface area contributed by atoms with Crippen molar-refractivity contribution in [3.05, 3.63) is 41.2 Å². The molecule has 0 aliphatic heterocycles. The summed E-state index contributed by atoms with van der Waals surface area (Å²) in [4.78, 5) is 12.6. The summed E-state index contributed by atoms with van der Waals surface area (Å²) in [6, 6.07) is 12.0. The molecule has 2 aromatic carbocycles. The Morgan fingerprint density at radius 1 is 1.28 bits per heavy atom. The van der Waals surface area contributed by atoms with Gasteiger partial charge in [0, 0.05) is 11.8 Å². The Kier molecular flexibility index (Phi) is 4.99. The van der Waals surface area contributed by atoms with Gasteiger partial charge in [0.05, 0.1) is 16.8 Å². The fourth-order valence-corrected chi connectivity index (χ4v) is 3.62. The van der Waals surface area contributed by atoms with E-state index in [1.54, 1.807) is 11.6 Å². The maximum Gasteiger partial charge on any atom is 0.354 e. The summed E-state index contributed by atoms with van der Waals surface area (Å²) >= 11 is 1.35. The molecule has 0 fully saturated rings. The summed E-state index contributed by atoms with van der Waals surface area (Å²) in [6.45, 7) is 6.15. The number of nitrogens with one attached hydrogen (secondary N) is 1. The number of ether oxygens (including phenoxy) is 1. The number of hydrogen-bond acceptors (Lipinski definition) is 5. The third-order valence-electron chi connectivity index (χ3n) is 3.81. The number of rotatable bonds is 5. The maximum absolute atomic E-state index is 12.3. The first-order valence-electron chi connectivity index (χ1n) is 8.34. The number of thiazole rings is 1. The molecule has 0 spiro atoms. The smallest absolute Gasteiger partial charge is 0.354 e. The molecule has 0 radical (unpaired) electrons. The molecule has 0 atom stereocenters. The lowest BCUT2D eigenvalue weighted by atomic mass is 10.1. The molecule has 1 heterocycles. The summed E-state index contributed by atoms with van der Waals surface area (Å²) in [5, 5.41) is 15.0. The van der Waals surface area contributed by atoms with Crippen LogP contribution in [0.3, 0.4) is 0 Å². The van der Waals surface area contributed by atoms with E-state index >= 15 is 0 Å². The molecule has 0 aliphatic rings. The summed E-state index contributed by atoms with van der Waals surface area (Å²) in [7, 11) is 0. The van der Waals surface area contributed by atoms with Crippen LogP contribution in [0, 0.1) is 11.3 Å². The largest absolute Gasteiger partial charge is 0.461 e. The van der Waals surface area contributed by atoms with Crippen molar-refractivity contribution in [1.82, 2.24) is 4.68 Å². The molecule has 0 aliphatic carbocycles. The Balaban J connectivity index is 2.25. The Bertz CT molecular complexity index is 1010. The number of fused-ring (bicyclic) bond motifs is 3. The normalized spacial score (nSPS) is 12.2. The van der Waals surface area contributed by atoms with Crippen molar-refractivity contribution < 1.29 is 9.53 Å². The molecule has 0 amide bonds. The molecule has 3 aromatic rings. The van der Waals surface area contributed by atoms with Gasteiger partial charge in [0.25, 0.3) is 0 Å². The Hall–Kier alpha value is -2.47. The van der Waals surface area contributed by atoms with Gasteiger partial charge in [-0.1, -0.05) is 55.5 Å². The van der Waals surface area contributed by atoms with Gasteiger partial charge in [0.15, 0.2) is 0 Å². The van der Waals surface area contributed by atoms with Crippen molar-refractivity contribution in [3.63, 3.8) is 0 Å². The SMILES string of the molecule is CCOC(=O)/C(CC(C)C)=N\n1c(=N)sc2ccc3ccccc3c21. The number of aromatic nitrogens is 1. The minimum absolute atomic E-state index is 0.264. The molecule has 130 valence electrons. The number of carbonyl (C=O) groups excluding carboxylic acids is 1. The predicted octanol–water partition coefficient (Wildman–Crippen LogP) is 4.15. The molecule has 3 rings (SSSR count). The topological polar surface area (TPSA) is 67.4 Å². The second-order valence-electron chi connectivity index (χ2n) is 6.22. The standard InChI is InChI=1S/C19H21N3O2S/c1-4-24-18(23)15(11-12(2)3)21-22-17-14-8-6-5-7-13(14)9-10-16(17)25-19(22)20/h5-10,12,20H,4,11H2,1-3H3/b20-19?,21-15-. The van der Waals surface area contributed by atoms with Gasteiger partial charge in [-0.2, -0.15) is 5.10 Å². The summed E-state index contributed by atoms with van der Waals surface area (Å²) in [6.07, 6.45) is 0.507. The Labute approximate surface area is 150 Å². The van der Waals surface area contributed by atoms with Gasteiger partial charge < -0.3 is 4.74 Å². The van der Waals surface area contributed by atoms with Crippen LogP contribution in [0.2, 0.25) is 0 Å². The number of hydrogen-bond donors (Lipinski definition) is 1. The second-order valence-corrected chi connectivity index (χ2v) is 7.25. The summed E-state index contributed by atoms with van der Waals surface area (Å²) < 4.78 is 7.69. The first-order chi connectivity index (χ1) is 12.0. The minimum atomic E-state index is -0.414. The molecular weight excluding hydrogens is 334 g/mol. The number of carbonyl (C=O) groups is 1. The lowest BCUT2D eigenvalue weighted by molar-refractivity contribution is -0.135. The van der Waals surface area contributed by atoms with Gasteiger partial charge in [-0.3, -0.25) is 5.41 Å². The average Bonchev–Trinajstić information content (AvgIpc) is 2.90. The van der Waals surface area contributed by atoms with E-state index in [2.05, 4.69) is 5.10 Å². The van der Waals surface area contributed by atoms with E-state index in [0.717, 1.165) is 21.0 Å². The zero-order chi connectivity index (χ0) is 18.0. The minimum Gasteiger partial charge on any atom is -0.461 e. The third-order valence-corrected chi connectivity index (χ3v) is 4.72. The highest BCUT2D eigenvalue weighted by molar-refractivity contribution is 7.16. The number of nitrogens with zero attached hydrogens (tertiary/aromatic N) is 2. The number of esters is 1. The van der Waals surface area contributed by atoms with Gasteiger partial charge in [-0.05, 0) is 24.3 Å². The summed E-state index contributed by atoms with van der Waals surface area (Å²) in [5.41, 5.74) is 1.21. The van der Waals surface area contributed by atoms with Crippen molar-refractivity contribution in [2.24, 2.45) is 11.0 Å². The maximum atomic E-state index is 12.3. The average molecular weight is 355 g/mol. The quantitative estimate of drug-likeness (QED) is 0.552. The van der Waals surface area contributed by atoms with Gasteiger partial charge in [-0.25, -0.2) is 9.47 Å². The van der Waals surface area contributed by atoms with Crippen molar-refractivity contribution in [2.75, 3.05) is 6.61 Å². The zero-order valence-electron chi connectivity index (χ0n) is 14.6. The van der Waals surface area contributed by atoms with E-state index in [0.29, 0.717) is 18.7 Å². The fourth-order valence-electron chi connectivity index (χ4n) is 2.77. The third kappa shape index (κ3) is 3.49. The van der Waals surface area contributed by atoms with Crippen LogP contribution in [0.4, 0.5) is 0 Å². The van der Waals surface area contributed by atoms with Gasteiger partial charge in [-0.15, -0.1) is 0 Å². The van der Waals surface area contributed by atoms with Crippen molar-refractivity contribution in [2.45, 2.75) is 27.2 Å². The molecule has 1 N–H and O–H groups in total. The van der Waals surface area contributed by atoms with Crippen LogP contribution in [-0.4, -0.2) is 23.0 Å². The molecule has 0 saturated carbocycles. The summed E-state index contributed by atoms with van der Waals surface area (Å²) in [5.74, 6) is -0.151. The van der Waals surface area contributed by atoms with E-state index in [1.807, 2.05) is 50.2 Å². The first kappa shape index (κ1) is 17.4. The van der Waals surface area contributed by atoms with Crippen LogP contribution in [0.5, 0.6) is 0 Å². The Morgan fingerprint density at radius 3 is 2.76 bits per heavy atom. The molecule has 0 unspecified atom stereocenters. The highest BCUT2D eigenvalue weighted by Crippen LogP contribution is 2.27. The van der Waals surface area contributed by atoms with Crippen molar-refractivity contribution in [3.8, 4) is 0 Å². The number of benzene rings is 2. The lowest BCUT2D eigenvalue weighted by Crippen LogP contribution is -2.22. The fraction of sp³-hybridized carbons (Fsp3) is 0.316.